The van der Waals surface area contributed by atoms with Crippen LogP contribution in [0, 0.1) is 0 Å². The average Bonchev–Trinajstić information content (AvgIpc) is 2.54. The van der Waals surface area contributed by atoms with Crippen LogP contribution >= 0.6 is 11.6 Å². The molecule has 0 saturated carbocycles. The molecule has 3 amide bonds. The van der Waals surface area contributed by atoms with Crippen molar-refractivity contribution >= 4 is 29.5 Å². The van der Waals surface area contributed by atoms with E-state index in [2.05, 4.69) is 15.4 Å². The summed E-state index contributed by atoms with van der Waals surface area (Å²) in [7, 11) is 0. The molecule has 1 aromatic rings. The third kappa shape index (κ3) is 8.00. The summed E-state index contributed by atoms with van der Waals surface area (Å²) in [5, 5.41) is 5.60. The third-order valence-corrected chi connectivity index (χ3v) is 3.70. The molecule has 1 atom stereocenters. The van der Waals surface area contributed by atoms with E-state index < -0.39 is 12.0 Å². The van der Waals surface area contributed by atoms with Gasteiger partial charge < -0.3 is 10.1 Å². The molecular weight excluding hydrogens is 346 g/mol. The summed E-state index contributed by atoms with van der Waals surface area (Å²) in [5.74, 6) is -0.730. The van der Waals surface area contributed by atoms with E-state index in [0.29, 0.717) is 11.6 Å². The number of likely N-dealkylation sites (N-methyl/N-ethyl adjacent to an activating group) is 1. The standard InChI is InChI=1S/C17H24ClN3O4/c1-4-21(11-16(23)20-17(24)25-5-2)10-15(22)19-12(3)13-6-8-14(18)9-7-13/h6-9,12H,4-5,10-11H2,1-3H3,(H,19,22)(H,20,23,24)/t12-/m0/s1. The van der Waals surface area contributed by atoms with Gasteiger partial charge in [-0.2, -0.15) is 0 Å². The Hall–Kier alpha value is -2.12. The van der Waals surface area contributed by atoms with Crippen LogP contribution in [0.1, 0.15) is 32.4 Å². The number of rotatable bonds is 8. The first-order valence-electron chi connectivity index (χ1n) is 8.09. The Labute approximate surface area is 152 Å². The van der Waals surface area contributed by atoms with Crippen LogP contribution in [-0.2, 0) is 14.3 Å². The predicted octanol–water partition coefficient (Wildman–Crippen LogP) is 2.11. The van der Waals surface area contributed by atoms with Gasteiger partial charge in [0.15, 0.2) is 0 Å². The normalized spacial score (nSPS) is 11.7. The number of hydrogen-bond donors (Lipinski definition) is 2. The highest BCUT2D eigenvalue weighted by molar-refractivity contribution is 6.30. The van der Waals surface area contributed by atoms with Gasteiger partial charge in [-0.15, -0.1) is 0 Å². The molecule has 8 heteroatoms. The number of carbonyl (C=O) groups excluding carboxylic acids is 3. The molecular formula is C17H24ClN3O4. The van der Waals surface area contributed by atoms with Gasteiger partial charge in [-0.05, 0) is 38.1 Å². The lowest BCUT2D eigenvalue weighted by Gasteiger charge is -2.21. The Morgan fingerprint density at radius 2 is 1.72 bits per heavy atom. The molecule has 0 fully saturated rings. The number of carbonyl (C=O) groups is 3. The summed E-state index contributed by atoms with van der Waals surface area (Å²) in [6.07, 6.45) is -0.788. The molecule has 7 nitrogen and oxygen atoms in total. The summed E-state index contributed by atoms with van der Waals surface area (Å²) < 4.78 is 4.64. The van der Waals surface area contributed by atoms with Crippen LogP contribution in [0.3, 0.4) is 0 Å². The minimum atomic E-state index is -0.788. The molecule has 0 aliphatic rings. The quantitative estimate of drug-likeness (QED) is 0.732. The molecule has 0 bridgehead atoms. The first kappa shape index (κ1) is 20.9. The summed E-state index contributed by atoms with van der Waals surface area (Å²) in [6, 6.07) is 7.03. The molecule has 2 N–H and O–H groups in total. The van der Waals surface area contributed by atoms with Gasteiger partial charge in [0.05, 0.1) is 25.7 Å². The van der Waals surface area contributed by atoms with Crippen molar-refractivity contribution in [1.29, 1.82) is 0 Å². The lowest BCUT2D eigenvalue weighted by molar-refractivity contribution is -0.125. The second-order valence-electron chi connectivity index (χ2n) is 5.41. The van der Waals surface area contributed by atoms with Gasteiger partial charge in [0.25, 0.3) is 0 Å². The zero-order valence-corrected chi connectivity index (χ0v) is 15.4. The molecule has 0 unspecified atom stereocenters. The van der Waals surface area contributed by atoms with Crippen LogP contribution in [0.15, 0.2) is 24.3 Å². The number of imide groups is 1. The lowest BCUT2D eigenvalue weighted by atomic mass is 10.1. The number of amides is 3. The van der Waals surface area contributed by atoms with Crippen LogP contribution in [0.2, 0.25) is 5.02 Å². The monoisotopic (exact) mass is 369 g/mol. The summed E-state index contributed by atoms with van der Waals surface area (Å²) in [4.78, 5) is 36.8. The predicted molar refractivity (Wildman–Crippen MR) is 95.3 cm³/mol. The van der Waals surface area contributed by atoms with Crippen LogP contribution in [0.4, 0.5) is 4.79 Å². The zero-order chi connectivity index (χ0) is 18.8. The van der Waals surface area contributed by atoms with Crippen molar-refractivity contribution in [3.63, 3.8) is 0 Å². The van der Waals surface area contributed by atoms with Crippen LogP contribution < -0.4 is 10.6 Å². The average molecular weight is 370 g/mol. The van der Waals surface area contributed by atoms with Gasteiger partial charge in [-0.25, -0.2) is 4.79 Å². The first-order chi connectivity index (χ1) is 11.8. The fraction of sp³-hybridized carbons (Fsp3) is 0.471. The molecule has 0 radical (unpaired) electrons. The number of hydrogen-bond acceptors (Lipinski definition) is 5. The maximum Gasteiger partial charge on any atom is 0.413 e. The largest absolute Gasteiger partial charge is 0.450 e. The van der Waals surface area contributed by atoms with Crippen LogP contribution in [0.25, 0.3) is 0 Å². The van der Waals surface area contributed by atoms with Crippen molar-refractivity contribution in [3.05, 3.63) is 34.9 Å². The van der Waals surface area contributed by atoms with Gasteiger partial charge >= 0.3 is 6.09 Å². The van der Waals surface area contributed by atoms with E-state index in [1.165, 1.54) is 0 Å². The number of benzene rings is 1. The SMILES string of the molecule is CCOC(=O)NC(=O)CN(CC)CC(=O)N[C@@H](C)c1ccc(Cl)cc1. The second kappa shape index (κ2) is 10.7. The van der Waals surface area contributed by atoms with Crippen molar-refractivity contribution < 1.29 is 19.1 Å². The Morgan fingerprint density at radius 3 is 2.28 bits per heavy atom. The minimum absolute atomic E-state index is 0.0463. The van der Waals surface area contributed by atoms with E-state index in [-0.39, 0.29) is 31.6 Å². The zero-order valence-electron chi connectivity index (χ0n) is 14.7. The van der Waals surface area contributed by atoms with E-state index in [0.717, 1.165) is 5.56 Å². The van der Waals surface area contributed by atoms with E-state index in [4.69, 9.17) is 11.6 Å². The molecule has 0 spiro atoms. The van der Waals surface area contributed by atoms with Gasteiger partial charge in [0.2, 0.25) is 11.8 Å². The van der Waals surface area contributed by atoms with Crippen molar-refractivity contribution in [2.24, 2.45) is 0 Å². The molecule has 0 aliphatic carbocycles. The summed E-state index contributed by atoms with van der Waals surface area (Å²) >= 11 is 5.85. The molecule has 138 valence electrons. The fourth-order valence-corrected chi connectivity index (χ4v) is 2.25. The highest BCUT2D eigenvalue weighted by Crippen LogP contribution is 2.15. The maximum absolute atomic E-state index is 12.2. The van der Waals surface area contributed by atoms with Crippen LogP contribution in [0.5, 0.6) is 0 Å². The molecule has 25 heavy (non-hydrogen) atoms. The van der Waals surface area contributed by atoms with E-state index in [1.807, 2.05) is 26.0 Å². The van der Waals surface area contributed by atoms with Gasteiger partial charge in [-0.1, -0.05) is 30.7 Å². The molecule has 0 aromatic heterocycles. The number of nitrogens with zero attached hydrogens (tertiary/aromatic N) is 1. The fourth-order valence-electron chi connectivity index (χ4n) is 2.13. The molecule has 0 heterocycles. The Balaban J connectivity index is 2.48. The number of nitrogens with one attached hydrogen (secondary N) is 2. The summed E-state index contributed by atoms with van der Waals surface area (Å²) in [6.45, 7) is 5.98. The highest BCUT2D eigenvalue weighted by atomic mass is 35.5. The summed E-state index contributed by atoms with van der Waals surface area (Å²) in [5.41, 5.74) is 0.931. The maximum atomic E-state index is 12.2. The van der Waals surface area contributed by atoms with Crippen molar-refractivity contribution in [2.75, 3.05) is 26.2 Å². The smallest absolute Gasteiger partial charge is 0.413 e. The molecule has 1 rings (SSSR count). The van der Waals surface area contributed by atoms with Crippen LogP contribution in [-0.4, -0.2) is 49.0 Å². The van der Waals surface area contributed by atoms with Gasteiger partial charge in [-0.3, -0.25) is 19.8 Å². The van der Waals surface area contributed by atoms with Gasteiger partial charge in [0.1, 0.15) is 0 Å². The highest BCUT2D eigenvalue weighted by Gasteiger charge is 2.17. The van der Waals surface area contributed by atoms with E-state index in [1.54, 1.807) is 24.0 Å². The minimum Gasteiger partial charge on any atom is -0.450 e. The van der Waals surface area contributed by atoms with Gasteiger partial charge in [0, 0.05) is 5.02 Å². The molecule has 0 saturated heterocycles. The number of halogens is 1. The Bertz CT molecular complexity index is 592. The van der Waals surface area contributed by atoms with Crippen molar-refractivity contribution in [1.82, 2.24) is 15.5 Å². The van der Waals surface area contributed by atoms with E-state index in [9.17, 15) is 14.4 Å². The topological polar surface area (TPSA) is 87.7 Å². The van der Waals surface area contributed by atoms with E-state index >= 15 is 0 Å². The van der Waals surface area contributed by atoms with Crippen molar-refractivity contribution in [3.8, 4) is 0 Å². The van der Waals surface area contributed by atoms with Crippen molar-refractivity contribution in [2.45, 2.75) is 26.8 Å². The number of ether oxygens (including phenoxy) is 1. The lowest BCUT2D eigenvalue weighted by Crippen LogP contribution is -2.44. The Morgan fingerprint density at radius 1 is 1.12 bits per heavy atom. The Kier molecular flexibility index (Phi) is 8.94. The second-order valence-corrected chi connectivity index (χ2v) is 5.85. The molecule has 0 aliphatic heterocycles. The molecule has 1 aromatic carbocycles. The first-order valence-corrected chi connectivity index (χ1v) is 8.47. The third-order valence-electron chi connectivity index (χ3n) is 3.45. The number of alkyl carbamates (subject to hydrolysis) is 1.